The van der Waals surface area contributed by atoms with E-state index in [2.05, 4.69) is 25.0 Å². The van der Waals surface area contributed by atoms with Gasteiger partial charge in [-0.3, -0.25) is 19.5 Å². The predicted octanol–water partition coefficient (Wildman–Crippen LogP) is 6.25. The molecule has 2 unspecified atom stereocenters. The Kier molecular flexibility index (Phi) is 10.9. The second-order valence-electron chi connectivity index (χ2n) is 12.3. The van der Waals surface area contributed by atoms with Crippen molar-refractivity contribution in [3.63, 3.8) is 0 Å². The summed E-state index contributed by atoms with van der Waals surface area (Å²) in [6, 6.07) is 19.8. The number of ether oxygens (including phenoxy) is 1. The van der Waals surface area contributed by atoms with Gasteiger partial charge in [0.1, 0.15) is 17.4 Å². The Labute approximate surface area is 295 Å². The third kappa shape index (κ3) is 8.51. The first-order valence-electron chi connectivity index (χ1n) is 15.7. The van der Waals surface area contributed by atoms with Crippen molar-refractivity contribution in [2.24, 2.45) is 11.8 Å². The molecule has 0 bridgehead atoms. The topological polar surface area (TPSA) is 179 Å². The Morgan fingerprint density at radius 1 is 1.00 bits per heavy atom. The van der Waals surface area contributed by atoms with Crippen molar-refractivity contribution < 1.29 is 28.0 Å². The number of pyridine rings is 1. The van der Waals surface area contributed by atoms with Crippen molar-refractivity contribution in [1.29, 1.82) is 0 Å². The number of anilines is 3. The Morgan fingerprint density at radius 3 is 2.42 bits per heavy atom. The first-order valence-corrected chi connectivity index (χ1v) is 17.6. The number of nitrogens with zero attached hydrogens (tertiary/aromatic N) is 3. The molecule has 0 fully saturated rings. The van der Waals surface area contributed by atoms with Crippen LogP contribution in [0.15, 0.2) is 77.7 Å². The van der Waals surface area contributed by atoms with E-state index < -0.39 is 21.8 Å². The third-order valence-corrected chi connectivity index (χ3v) is 9.71. The largest absolute Gasteiger partial charge is 0.493 e. The lowest BCUT2D eigenvalue weighted by Crippen LogP contribution is -2.28. The molecule has 3 aromatic carbocycles. The monoisotopic (exact) mass is 719 g/mol. The SMILES string of the molecule is Cc1nc(NS(=O)(=O)c2ccc(OCC(C)CC(C)C(=O)NO)cc2)ccc1C(=O)Nc1ccc(Cl)c(-c2nc3ccc(N(C)C)cc3[nH]2)c1. The number of carbonyl (C=O) groups is 2. The van der Waals surface area contributed by atoms with Gasteiger partial charge in [0.05, 0.1) is 38.8 Å². The molecule has 5 rings (SSSR count). The average Bonchev–Trinajstić information content (AvgIpc) is 3.51. The molecular formula is C35H38ClN7O6S. The minimum absolute atomic E-state index is 0.00598. The molecule has 262 valence electrons. The number of aromatic nitrogens is 3. The number of imidazole rings is 1. The van der Waals surface area contributed by atoms with Gasteiger partial charge in [-0.25, -0.2) is 23.9 Å². The number of aromatic amines is 1. The van der Waals surface area contributed by atoms with E-state index in [4.69, 9.17) is 21.5 Å². The molecule has 5 aromatic rings. The van der Waals surface area contributed by atoms with Crippen LogP contribution in [-0.4, -0.2) is 61.1 Å². The summed E-state index contributed by atoms with van der Waals surface area (Å²) in [7, 11) is -0.0834. The number of nitrogens with one attached hydrogen (secondary N) is 4. The van der Waals surface area contributed by atoms with E-state index in [1.165, 1.54) is 36.4 Å². The van der Waals surface area contributed by atoms with Crippen molar-refractivity contribution in [3.8, 4) is 17.1 Å². The van der Waals surface area contributed by atoms with Crippen LogP contribution in [0.2, 0.25) is 5.02 Å². The molecule has 0 aliphatic rings. The number of aryl methyl sites for hydroxylation is 1. The first-order chi connectivity index (χ1) is 23.7. The van der Waals surface area contributed by atoms with Crippen molar-refractivity contribution in [2.75, 3.05) is 35.6 Å². The van der Waals surface area contributed by atoms with E-state index in [9.17, 15) is 18.0 Å². The lowest BCUT2D eigenvalue weighted by molar-refractivity contribution is -0.133. The maximum atomic E-state index is 13.3. The number of hydrogen-bond acceptors (Lipinski definition) is 9. The molecule has 2 atom stereocenters. The van der Waals surface area contributed by atoms with Crippen molar-refractivity contribution >= 4 is 61.7 Å². The van der Waals surface area contributed by atoms with Crippen LogP contribution in [0.25, 0.3) is 22.4 Å². The van der Waals surface area contributed by atoms with Crippen LogP contribution in [0, 0.1) is 18.8 Å². The predicted molar refractivity (Wildman–Crippen MR) is 193 cm³/mol. The zero-order valence-electron chi connectivity index (χ0n) is 28.1. The zero-order chi connectivity index (χ0) is 36.2. The van der Waals surface area contributed by atoms with Crippen molar-refractivity contribution in [1.82, 2.24) is 20.4 Å². The van der Waals surface area contributed by atoms with E-state index in [1.54, 1.807) is 37.5 Å². The summed E-state index contributed by atoms with van der Waals surface area (Å²) < 4.78 is 34.4. The summed E-state index contributed by atoms with van der Waals surface area (Å²) in [6.07, 6.45) is 0.500. The van der Waals surface area contributed by atoms with Gasteiger partial charge in [0, 0.05) is 37.0 Å². The molecule has 0 aliphatic carbocycles. The number of rotatable bonds is 13. The molecular weight excluding hydrogens is 682 g/mol. The zero-order valence-corrected chi connectivity index (χ0v) is 29.7. The fraction of sp³-hybridized carbons (Fsp3) is 0.257. The van der Waals surface area contributed by atoms with E-state index in [1.807, 2.05) is 44.1 Å². The molecule has 0 saturated carbocycles. The fourth-order valence-electron chi connectivity index (χ4n) is 5.28. The van der Waals surface area contributed by atoms with Crippen LogP contribution in [-0.2, 0) is 14.8 Å². The van der Waals surface area contributed by atoms with Gasteiger partial charge in [0.15, 0.2) is 0 Å². The van der Waals surface area contributed by atoms with Crippen LogP contribution < -0.4 is 25.2 Å². The standard InChI is InChI=1S/C35H38ClN7O6S/c1-20(16-21(2)34(44)41-46)19-49-25-8-10-26(11-9-25)50(47,48)42-32-15-12-27(22(3)37-32)35(45)38-23-6-13-29(36)28(17-23)33-39-30-14-7-24(43(4)5)18-31(30)40-33/h6-15,17-18,20-21,46H,16,19H2,1-5H3,(H,37,42)(H,38,45)(H,39,40)(H,41,44). The highest BCUT2D eigenvalue weighted by Gasteiger charge is 2.19. The molecule has 0 aliphatic heterocycles. The Hall–Kier alpha value is -5.18. The van der Waals surface area contributed by atoms with Gasteiger partial charge in [0.25, 0.3) is 15.9 Å². The second-order valence-corrected chi connectivity index (χ2v) is 14.4. The van der Waals surface area contributed by atoms with Gasteiger partial charge in [-0.2, -0.15) is 0 Å². The number of carbonyl (C=O) groups excluding carboxylic acids is 2. The molecule has 0 saturated heterocycles. The number of H-pyrrole nitrogens is 1. The number of fused-ring (bicyclic) bond motifs is 1. The Morgan fingerprint density at radius 2 is 1.74 bits per heavy atom. The maximum Gasteiger partial charge on any atom is 0.263 e. The quantitative estimate of drug-likeness (QED) is 0.0695. The van der Waals surface area contributed by atoms with Gasteiger partial charge in [-0.05, 0) is 92.1 Å². The van der Waals surface area contributed by atoms with E-state index >= 15 is 0 Å². The average molecular weight is 720 g/mol. The molecule has 50 heavy (non-hydrogen) atoms. The van der Waals surface area contributed by atoms with Gasteiger partial charge >= 0.3 is 0 Å². The molecule has 15 heteroatoms. The van der Waals surface area contributed by atoms with Gasteiger partial charge in [-0.15, -0.1) is 0 Å². The highest BCUT2D eigenvalue weighted by molar-refractivity contribution is 7.92. The van der Waals surface area contributed by atoms with E-state index in [-0.39, 0.29) is 28.1 Å². The normalized spacial score (nSPS) is 12.6. The molecule has 0 radical (unpaired) electrons. The lowest BCUT2D eigenvalue weighted by Gasteiger charge is -2.16. The maximum absolute atomic E-state index is 13.3. The van der Waals surface area contributed by atoms with Crippen LogP contribution in [0.1, 0.15) is 36.3 Å². The number of benzene rings is 3. The van der Waals surface area contributed by atoms with Crippen molar-refractivity contribution in [3.05, 3.63) is 89.1 Å². The minimum Gasteiger partial charge on any atom is -0.493 e. The fourth-order valence-corrected chi connectivity index (χ4v) is 6.49. The molecule has 13 nitrogen and oxygen atoms in total. The lowest BCUT2D eigenvalue weighted by atomic mass is 9.97. The van der Waals surface area contributed by atoms with Crippen molar-refractivity contribution in [2.45, 2.75) is 32.1 Å². The smallest absolute Gasteiger partial charge is 0.263 e. The third-order valence-electron chi connectivity index (χ3n) is 8.01. The summed E-state index contributed by atoms with van der Waals surface area (Å²) >= 11 is 6.52. The van der Waals surface area contributed by atoms with Gasteiger partial charge < -0.3 is 19.9 Å². The number of sulfonamides is 1. The van der Waals surface area contributed by atoms with Crippen LogP contribution in [0.4, 0.5) is 17.2 Å². The molecule has 2 amide bonds. The Bertz CT molecular complexity index is 2140. The summed E-state index contributed by atoms with van der Waals surface area (Å²) in [5.74, 6) is -0.216. The van der Waals surface area contributed by atoms with E-state index in [0.717, 1.165) is 16.7 Å². The highest BCUT2D eigenvalue weighted by atomic mass is 35.5. The molecule has 0 spiro atoms. The van der Waals surface area contributed by atoms with Gasteiger partial charge in [-0.1, -0.05) is 25.4 Å². The van der Waals surface area contributed by atoms with E-state index in [0.29, 0.717) is 46.6 Å². The number of halogens is 1. The summed E-state index contributed by atoms with van der Waals surface area (Å²) in [5, 5.41) is 12.1. The number of hydroxylamine groups is 1. The highest BCUT2D eigenvalue weighted by Crippen LogP contribution is 2.31. The summed E-state index contributed by atoms with van der Waals surface area (Å²) in [4.78, 5) is 39.1. The van der Waals surface area contributed by atoms with Gasteiger partial charge in [0.2, 0.25) is 5.91 Å². The molecule has 2 aromatic heterocycles. The molecule has 5 N–H and O–H groups in total. The number of hydrogen-bond donors (Lipinski definition) is 5. The summed E-state index contributed by atoms with van der Waals surface area (Å²) in [5.41, 5.74) is 5.95. The van der Waals surface area contributed by atoms with Crippen LogP contribution in [0.5, 0.6) is 5.75 Å². The van der Waals surface area contributed by atoms with Crippen LogP contribution in [0.3, 0.4) is 0 Å². The second kappa shape index (κ2) is 15.2. The number of amides is 2. The minimum atomic E-state index is -4.00. The molecule has 2 heterocycles. The summed E-state index contributed by atoms with van der Waals surface area (Å²) in [6.45, 7) is 5.52. The Balaban J connectivity index is 1.22. The van der Waals surface area contributed by atoms with Crippen LogP contribution >= 0.6 is 11.6 Å². The first kappa shape index (κ1) is 36.1.